The zero-order valence-corrected chi connectivity index (χ0v) is 10.3. The number of halogens is 2. The maximum atomic E-state index is 12.3. The van der Waals surface area contributed by atoms with Gasteiger partial charge in [0.15, 0.2) is 10.1 Å². The second-order valence-corrected chi connectivity index (χ2v) is 5.32. The van der Waals surface area contributed by atoms with Crippen LogP contribution in [0.2, 0.25) is 0 Å². The number of carbonyl (C=O) groups excluding carboxylic acids is 1. The average molecular weight is 263 g/mol. The van der Waals surface area contributed by atoms with Gasteiger partial charge < -0.3 is 0 Å². The predicted octanol–water partition coefficient (Wildman–Crippen LogP) is 3.91. The molecule has 0 unspecified atom stereocenters. The Hall–Kier alpha value is -1.31. The minimum atomic E-state index is -1.15. The maximum absolute atomic E-state index is 12.3. The van der Waals surface area contributed by atoms with Crippen LogP contribution in [0.5, 0.6) is 0 Å². The SMILES string of the molecule is O=C1c2ccccc2C(Cl)(Cl)c2ccccc21. The first-order valence-electron chi connectivity index (χ1n) is 5.24. The fourth-order valence-corrected chi connectivity index (χ4v) is 2.86. The van der Waals surface area contributed by atoms with E-state index in [2.05, 4.69) is 0 Å². The number of alkyl halides is 2. The van der Waals surface area contributed by atoms with Gasteiger partial charge in [0.1, 0.15) is 0 Å². The van der Waals surface area contributed by atoms with Crippen molar-refractivity contribution in [3.63, 3.8) is 0 Å². The zero-order chi connectivity index (χ0) is 12.0. The summed E-state index contributed by atoms with van der Waals surface area (Å²) >= 11 is 12.8. The molecule has 0 N–H and O–H groups in total. The lowest BCUT2D eigenvalue weighted by Gasteiger charge is -2.29. The van der Waals surface area contributed by atoms with Gasteiger partial charge in [-0.15, -0.1) is 0 Å². The zero-order valence-electron chi connectivity index (χ0n) is 8.78. The Labute approximate surface area is 109 Å². The molecule has 0 radical (unpaired) electrons. The van der Waals surface area contributed by atoms with Crippen LogP contribution in [0.25, 0.3) is 0 Å². The molecule has 0 saturated heterocycles. The number of rotatable bonds is 0. The molecule has 0 amide bonds. The monoisotopic (exact) mass is 262 g/mol. The van der Waals surface area contributed by atoms with Crippen LogP contribution in [0.15, 0.2) is 48.5 Å². The molecule has 0 heterocycles. The van der Waals surface area contributed by atoms with E-state index >= 15 is 0 Å². The summed E-state index contributed by atoms with van der Waals surface area (Å²) in [5, 5.41) is 0. The van der Waals surface area contributed by atoms with E-state index in [1.54, 1.807) is 24.3 Å². The van der Waals surface area contributed by atoms with Crippen molar-refractivity contribution >= 4 is 29.0 Å². The highest BCUT2D eigenvalue weighted by Gasteiger charge is 2.40. The van der Waals surface area contributed by atoms with Crippen LogP contribution >= 0.6 is 23.2 Å². The van der Waals surface area contributed by atoms with Crippen molar-refractivity contribution in [1.82, 2.24) is 0 Å². The molecule has 0 aliphatic heterocycles. The molecule has 17 heavy (non-hydrogen) atoms. The average Bonchev–Trinajstić information content (AvgIpc) is 2.37. The fourth-order valence-electron chi connectivity index (χ4n) is 2.20. The van der Waals surface area contributed by atoms with Crippen molar-refractivity contribution in [2.45, 2.75) is 4.33 Å². The molecular formula is C14H8Cl2O. The molecule has 2 aromatic rings. The number of fused-ring (bicyclic) bond motifs is 2. The molecule has 3 heteroatoms. The topological polar surface area (TPSA) is 17.1 Å². The minimum absolute atomic E-state index is 0.0203. The molecule has 0 atom stereocenters. The fraction of sp³-hybridized carbons (Fsp3) is 0.0714. The highest BCUT2D eigenvalue weighted by atomic mass is 35.5. The van der Waals surface area contributed by atoms with Crippen molar-refractivity contribution in [2.24, 2.45) is 0 Å². The summed E-state index contributed by atoms with van der Waals surface area (Å²) in [5.74, 6) is -0.0203. The number of ketones is 1. The Kier molecular flexibility index (Phi) is 2.29. The van der Waals surface area contributed by atoms with E-state index in [1.165, 1.54) is 0 Å². The van der Waals surface area contributed by atoms with Crippen LogP contribution in [-0.4, -0.2) is 5.78 Å². The lowest BCUT2D eigenvalue weighted by atomic mass is 9.84. The van der Waals surface area contributed by atoms with Crippen LogP contribution < -0.4 is 0 Å². The highest BCUT2D eigenvalue weighted by molar-refractivity contribution is 6.51. The van der Waals surface area contributed by atoms with Crippen molar-refractivity contribution in [3.05, 3.63) is 70.8 Å². The second-order valence-electron chi connectivity index (χ2n) is 3.99. The first-order chi connectivity index (χ1) is 8.12. The van der Waals surface area contributed by atoms with Gasteiger partial charge in [-0.1, -0.05) is 71.7 Å². The highest BCUT2D eigenvalue weighted by Crippen LogP contribution is 2.47. The van der Waals surface area contributed by atoms with Crippen LogP contribution in [0.4, 0.5) is 0 Å². The summed E-state index contributed by atoms with van der Waals surface area (Å²) < 4.78 is -1.15. The molecule has 1 aliphatic carbocycles. The van der Waals surface area contributed by atoms with Crippen molar-refractivity contribution in [1.29, 1.82) is 0 Å². The summed E-state index contributed by atoms with van der Waals surface area (Å²) in [6, 6.07) is 14.4. The lowest BCUT2D eigenvalue weighted by Crippen LogP contribution is -2.26. The van der Waals surface area contributed by atoms with Gasteiger partial charge in [0, 0.05) is 22.3 Å². The Morgan fingerprint density at radius 3 is 1.65 bits per heavy atom. The molecular weight excluding hydrogens is 255 g/mol. The number of benzene rings is 2. The largest absolute Gasteiger partial charge is 0.289 e. The van der Waals surface area contributed by atoms with Gasteiger partial charge >= 0.3 is 0 Å². The lowest BCUT2D eigenvalue weighted by molar-refractivity contribution is 0.103. The number of hydrogen-bond acceptors (Lipinski definition) is 1. The molecule has 1 nitrogen and oxygen atoms in total. The van der Waals surface area contributed by atoms with Gasteiger partial charge in [0.05, 0.1) is 0 Å². The van der Waals surface area contributed by atoms with Crippen molar-refractivity contribution in [2.75, 3.05) is 0 Å². The van der Waals surface area contributed by atoms with E-state index in [4.69, 9.17) is 23.2 Å². The standard InChI is InChI=1S/C14H8Cl2O/c15-14(16)11-7-3-1-5-9(11)13(17)10-6-2-4-8-12(10)14/h1-8H. The molecule has 0 fully saturated rings. The van der Waals surface area contributed by atoms with Crippen LogP contribution in [0.1, 0.15) is 27.0 Å². The number of carbonyl (C=O) groups is 1. The molecule has 0 aromatic heterocycles. The molecule has 2 aromatic carbocycles. The molecule has 3 rings (SSSR count). The summed E-state index contributed by atoms with van der Waals surface area (Å²) in [6.07, 6.45) is 0. The van der Waals surface area contributed by atoms with E-state index in [-0.39, 0.29) is 5.78 Å². The smallest absolute Gasteiger partial charge is 0.193 e. The first-order valence-corrected chi connectivity index (χ1v) is 5.99. The Bertz CT molecular complexity index is 566. The van der Waals surface area contributed by atoms with Gasteiger partial charge in [-0.05, 0) is 0 Å². The third kappa shape index (κ3) is 1.43. The molecule has 0 saturated carbocycles. The van der Waals surface area contributed by atoms with Crippen molar-refractivity contribution < 1.29 is 4.79 Å². The summed E-state index contributed by atoms with van der Waals surface area (Å²) in [5.41, 5.74) is 2.48. The molecule has 1 aliphatic rings. The first kappa shape index (κ1) is 10.8. The third-order valence-electron chi connectivity index (χ3n) is 3.02. The van der Waals surface area contributed by atoms with Crippen LogP contribution in [0, 0.1) is 0 Å². The summed E-state index contributed by atoms with van der Waals surface area (Å²) in [4.78, 5) is 12.3. The minimum Gasteiger partial charge on any atom is -0.289 e. The summed E-state index contributed by atoms with van der Waals surface area (Å²) in [6.45, 7) is 0. The van der Waals surface area contributed by atoms with E-state index in [0.717, 1.165) is 0 Å². The third-order valence-corrected chi connectivity index (χ3v) is 3.83. The Morgan fingerprint density at radius 1 is 0.765 bits per heavy atom. The van der Waals surface area contributed by atoms with Crippen LogP contribution in [-0.2, 0) is 4.33 Å². The van der Waals surface area contributed by atoms with Gasteiger partial charge in [0.25, 0.3) is 0 Å². The van der Waals surface area contributed by atoms with E-state index in [1.807, 2.05) is 24.3 Å². The second kappa shape index (κ2) is 3.59. The summed E-state index contributed by atoms with van der Waals surface area (Å²) in [7, 11) is 0. The Balaban J connectivity index is 2.38. The van der Waals surface area contributed by atoms with E-state index in [9.17, 15) is 4.79 Å². The number of hydrogen-bond donors (Lipinski definition) is 0. The Morgan fingerprint density at radius 2 is 1.18 bits per heavy atom. The molecule has 84 valence electrons. The van der Waals surface area contributed by atoms with Gasteiger partial charge in [-0.2, -0.15) is 0 Å². The van der Waals surface area contributed by atoms with E-state index in [0.29, 0.717) is 22.3 Å². The van der Waals surface area contributed by atoms with Gasteiger partial charge in [-0.3, -0.25) is 4.79 Å². The van der Waals surface area contributed by atoms with Crippen LogP contribution in [0.3, 0.4) is 0 Å². The normalized spacial score (nSPS) is 16.2. The molecule has 0 spiro atoms. The maximum Gasteiger partial charge on any atom is 0.193 e. The van der Waals surface area contributed by atoms with Gasteiger partial charge in [-0.25, -0.2) is 0 Å². The van der Waals surface area contributed by atoms with E-state index < -0.39 is 4.33 Å². The van der Waals surface area contributed by atoms with Gasteiger partial charge in [0.2, 0.25) is 0 Å². The van der Waals surface area contributed by atoms with Crippen molar-refractivity contribution in [3.8, 4) is 0 Å². The molecule has 0 bridgehead atoms. The predicted molar refractivity (Wildman–Crippen MR) is 68.8 cm³/mol. The quantitative estimate of drug-likeness (QED) is 0.658.